The van der Waals surface area contributed by atoms with Crippen LogP contribution < -0.4 is 16.0 Å². The normalized spacial score (nSPS) is 22.1. The third kappa shape index (κ3) is 6.90. The van der Waals surface area contributed by atoms with Crippen molar-refractivity contribution in [2.24, 2.45) is 0 Å². The number of carbonyl (C=O) groups is 6. The van der Waals surface area contributed by atoms with Gasteiger partial charge in [0.1, 0.15) is 18.1 Å². The highest BCUT2D eigenvalue weighted by atomic mass is 16.4. The molecule has 2 aliphatic rings. The summed E-state index contributed by atoms with van der Waals surface area (Å²) in [6.45, 7) is 0.815. The monoisotopic (exact) mass is 456 g/mol. The zero-order valence-corrected chi connectivity index (χ0v) is 17.4. The Kier molecular flexibility index (Phi) is 8.93. The molecule has 2 saturated heterocycles. The van der Waals surface area contributed by atoms with Crippen LogP contribution in [0, 0.1) is 0 Å². The Morgan fingerprint density at radius 1 is 0.906 bits per heavy atom. The summed E-state index contributed by atoms with van der Waals surface area (Å²) in [5.74, 6) is -5.96. The molecule has 6 N–H and O–H groups in total. The largest absolute Gasteiger partial charge is 0.481 e. The van der Waals surface area contributed by atoms with Gasteiger partial charge in [-0.05, 0) is 38.6 Å². The van der Waals surface area contributed by atoms with Crippen LogP contribution in [0.3, 0.4) is 0 Å². The van der Waals surface area contributed by atoms with E-state index in [1.54, 1.807) is 0 Å². The summed E-state index contributed by atoms with van der Waals surface area (Å²) in [7, 11) is 0. The first-order valence-corrected chi connectivity index (χ1v) is 10.4. The summed E-state index contributed by atoms with van der Waals surface area (Å²) < 4.78 is 0. The Hall–Kier alpha value is -3.22. The van der Waals surface area contributed by atoms with E-state index in [-0.39, 0.29) is 25.8 Å². The van der Waals surface area contributed by atoms with E-state index in [2.05, 4.69) is 16.0 Å². The van der Waals surface area contributed by atoms with E-state index < -0.39 is 66.2 Å². The van der Waals surface area contributed by atoms with Crippen molar-refractivity contribution in [1.82, 2.24) is 20.9 Å². The molecule has 0 spiro atoms. The number of rotatable bonds is 11. The van der Waals surface area contributed by atoms with Gasteiger partial charge in [-0.2, -0.15) is 0 Å². The van der Waals surface area contributed by atoms with Crippen LogP contribution in [0.15, 0.2) is 0 Å². The molecule has 13 heteroatoms. The SMILES string of the molecule is O=C(O)CCC(NC(=O)C1CCCN1)C(=O)N1CCCC1C(=O)NC(CC(=O)O)C(=O)O. The standard InChI is InChI=1S/C19H28N4O9/c24-14(25)6-5-11(21-16(28)10-3-1-7-20-10)18(30)23-8-2-4-13(23)17(29)22-12(19(31)32)9-15(26)27/h10-13,20H,1-9H2,(H,21,28)(H,22,29)(H,24,25)(H,26,27)(H,31,32). The Morgan fingerprint density at radius 3 is 2.16 bits per heavy atom. The molecule has 4 atom stereocenters. The summed E-state index contributed by atoms with van der Waals surface area (Å²) in [6, 6.07) is -4.36. The summed E-state index contributed by atoms with van der Waals surface area (Å²) >= 11 is 0. The predicted molar refractivity (Wildman–Crippen MR) is 106 cm³/mol. The Labute approximate surface area is 183 Å². The Morgan fingerprint density at radius 2 is 1.59 bits per heavy atom. The second kappa shape index (κ2) is 11.4. The van der Waals surface area contributed by atoms with Crippen LogP contribution in [-0.2, 0) is 28.8 Å². The van der Waals surface area contributed by atoms with Gasteiger partial charge in [-0.3, -0.25) is 24.0 Å². The molecule has 0 aromatic rings. The molecule has 2 rings (SSSR count). The van der Waals surface area contributed by atoms with Crippen LogP contribution in [0.5, 0.6) is 0 Å². The van der Waals surface area contributed by atoms with Crippen molar-refractivity contribution < 1.29 is 44.1 Å². The molecule has 0 bridgehead atoms. The summed E-state index contributed by atoms with van der Waals surface area (Å²) in [5.41, 5.74) is 0. The highest BCUT2D eigenvalue weighted by molar-refractivity contribution is 5.95. The first-order valence-electron chi connectivity index (χ1n) is 10.4. The predicted octanol–water partition coefficient (Wildman–Crippen LogP) is -1.88. The lowest BCUT2D eigenvalue weighted by molar-refractivity contribution is -0.148. The molecular formula is C19H28N4O9. The van der Waals surface area contributed by atoms with E-state index in [1.807, 2.05) is 0 Å². The number of carboxylic acid groups (broad SMARTS) is 3. The van der Waals surface area contributed by atoms with E-state index in [0.717, 1.165) is 6.42 Å². The maximum absolute atomic E-state index is 13.1. The van der Waals surface area contributed by atoms with Gasteiger partial charge in [0.05, 0.1) is 12.5 Å². The number of hydrogen-bond acceptors (Lipinski definition) is 7. The molecule has 2 aliphatic heterocycles. The second-order valence-electron chi connectivity index (χ2n) is 7.83. The van der Waals surface area contributed by atoms with Gasteiger partial charge in [0.25, 0.3) is 0 Å². The minimum Gasteiger partial charge on any atom is -0.481 e. The number of amides is 3. The quantitative estimate of drug-likeness (QED) is 0.204. The first-order chi connectivity index (χ1) is 15.1. The maximum atomic E-state index is 13.1. The molecule has 3 amide bonds. The summed E-state index contributed by atoms with van der Waals surface area (Å²) in [6.07, 6.45) is 0.660. The van der Waals surface area contributed by atoms with Crippen LogP contribution in [0.2, 0.25) is 0 Å². The summed E-state index contributed by atoms with van der Waals surface area (Å²) in [4.78, 5) is 72.5. The lowest BCUT2D eigenvalue weighted by Gasteiger charge is -2.29. The zero-order chi connectivity index (χ0) is 23.8. The van der Waals surface area contributed by atoms with Crippen LogP contribution >= 0.6 is 0 Å². The Balaban J connectivity index is 2.10. The van der Waals surface area contributed by atoms with E-state index in [9.17, 15) is 28.8 Å². The van der Waals surface area contributed by atoms with Gasteiger partial charge >= 0.3 is 17.9 Å². The fourth-order valence-corrected chi connectivity index (χ4v) is 3.85. The van der Waals surface area contributed by atoms with Crippen LogP contribution in [0.1, 0.15) is 44.9 Å². The van der Waals surface area contributed by atoms with Gasteiger partial charge in [0, 0.05) is 13.0 Å². The number of nitrogens with one attached hydrogen (secondary N) is 3. The van der Waals surface area contributed by atoms with Crippen molar-refractivity contribution in [3.63, 3.8) is 0 Å². The first kappa shape index (κ1) is 25.0. The molecule has 178 valence electrons. The minimum absolute atomic E-state index is 0.161. The second-order valence-corrected chi connectivity index (χ2v) is 7.83. The van der Waals surface area contributed by atoms with Gasteiger partial charge in [0.2, 0.25) is 17.7 Å². The van der Waals surface area contributed by atoms with Crippen molar-refractivity contribution in [2.75, 3.05) is 13.1 Å². The fourth-order valence-electron chi connectivity index (χ4n) is 3.85. The molecule has 13 nitrogen and oxygen atoms in total. The molecule has 0 saturated carbocycles. The van der Waals surface area contributed by atoms with Gasteiger partial charge < -0.3 is 36.2 Å². The molecule has 0 radical (unpaired) electrons. The van der Waals surface area contributed by atoms with Crippen molar-refractivity contribution >= 4 is 35.6 Å². The van der Waals surface area contributed by atoms with E-state index in [0.29, 0.717) is 19.4 Å². The van der Waals surface area contributed by atoms with E-state index >= 15 is 0 Å². The number of likely N-dealkylation sites (tertiary alicyclic amines) is 1. The molecule has 32 heavy (non-hydrogen) atoms. The van der Waals surface area contributed by atoms with Crippen molar-refractivity contribution in [2.45, 2.75) is 69.1 Å². The third-order valence-corrected chi connectivity index (χ3v) is 5.47. The van der Waals surface area contributed by atoms with Gasteiger partial charge in [-0.25, -0.2) is 4.79 Å². The average Bonchev–Trinajstić information content (AvgIpc) is 3.41. The van der Waals surface area contributed by atoms with Crippen LogP contribution in [0.25, 0.3) is 0 Å². The molecule has 0 aliphatic carbocycles. The highest BCUT2D eigenvalue weighted by Crippen LogP contribution is 2.20. The lowest BCUT2D eigenvalue weighted by Crippen LogP contribution is -2.56. The van der Waals surface area contributed by atoms with Crippen LogP contribution in [0.4, 0.5) is 0 Å². The van der Waals surface area contributed by atoms with Crippen molar-refractivity contribution in [3.05, 3.63) is 0 Å². The van der Waals surface area contributed by atoms with Crippen LogP contribution in [-0.4, -0.2) is 93.1 Å². The average molecular weight is 456 g/mol. The van der Waals surface area contributed by atoms with Crippen molar-refractivity contribution in [3.8, 4) is 0 Å². The maximum Gasteiger partial charge on any atom is 0.326 e. The number of carbonyl (C=O) groups excluding carboxylic acids is 3. The van der Waals surface area contributed by atoms with Gasteiger partial charge in [0.15, 0.2) is 0 Å². The fraction of sp³-hybridized carbons (Fsp3) is 0.684. The van der Waals surface area contributed by atoms with Gasteiger partial charge in [-0.15, -0.1) is 0 Å². The number of carboxylic acids is 3. The van der Waals surface area contributed by atoms with Crippen molar-refractivity contribution in [1.29, 1.82) is 0 Å². The molecule has 0 aromatic carbocycles. The zero-order valence-electron chi connectivity index (χ0n) is 17.4. The summed E-state index contributed by atoms with van der Waals surface area (Å²) in [5, 5.41) is 34.7. The number of hydrogen-bond donors (Lipinski definition) is 6. The Bertz CT molecular complexity index is 766. The van der Waals surface area contributed by atoms with Gasteiger partial charge in [-0.1, -0.05) is 0 Å². The number of aliphatic carboxylic acids is 3. The highest BCUT2D eigenvalue weighted by Gasteiger charge is 2.39. The van der Waals surface area contributed by atoms with E-state index in [1.165, 1.54) is 4.90 Å². The topological polar surface area (TPSA) is 202 Å². The number of nitrogens with zero attached hydrogens (tertiary/aromatic N) is 1. The molecule has 2 heterocycles. The lowest BCUT2D eigenvalue weighted by atomic mass is 10.1. The smallest absolute Gasteiger partial charge is 0.326 e. The molecular weight excluding hydrogens is 428 g/mol. The molecule has 0 aromatic heterocycles. The molecule has 2 fully saturated rings. The van der Waals surface area contributed by atoms with E-state index in [4.69, 9.17) is 15.3 Å². The third-order valence-electron chi connectivity index (χ3n) is 5.47. The minimum atomic E-state index is -1.66. The molecule has 4 unspecified atom stereocenters.